The molecule has 0 heterocycles. The number of hydrogen-bond acceptors (Lipinski definition) is 5. The van der Waals surface area contributed by atoms with Crippen LogP contribution in [0.2, 0.25) is 10.0 Å². The second kappa shape index (κ2) is 9.06. The highest BCUT2D eigenvalue weighted by molar-refractivity contribution is 6.35. The van der Waals surface area contributed by atoms with Crippen molar-refractivity contribution in [3.8, 4) is 5.75 Å². The molecule has 6 nitrogen and oxygen atoms in total. The maximum absolute atomic E-state index is 11.1. The molecule has 0 aromatic heterocycles. The van der Waals surface area contributed by atoms with E-state index in [1.165, 1.54) is 6.07 Å². The Balaban J connectivity index is 2.09. The van der Waals surface area contributed by atoms with Gasteiger partial charge in [-0.1, -0.05) is 67.3 Å². The highest BCUT2D eigenvalue weighted by Gasteiger charge is 2.22. The zero-order chi connectivity index (χ0) is 20.0. The molecule has 2 aromatic carbocycles. The summed E-state index contributed by atoms with van der Waals surface area (Å²) in [6, 6.07) is 11.3. The summed E-state index contributed by atoms with van der Waals surface area (Å²) in [5.41, 5.74) is 0.899. The fraction of sp³-hybridized carbons (Fsp3) is 0.316. The minimum absolute atomic E-state index is 0.0582. The Morgan fingerprint density at radius 2 is 1.89 bits per heavy atom. The molecule has 0 radical (unpaired) electrons. The molecule has 0 aliphatic carbocycles. The molecule has 0 atom stereocenters. The average molecular weight is 411 g/mol. The largest absolute Gasteiger partial charge is 0.480 e. The van der Waals surface area contributed by atoms with Gasteiger partial charge in [-0.3, -0.25) is 10.1 Å². The number of rotatable bonds is 7. The molecular weight excluding hydrogens is 391 g/mol. The van der Waals surface area contributed by atoms with E-state index in [9.17, 15) is 10.1 Å². The molecule has 27 heavy (non-hydrogen) atoms. The Morgan fingerprint density at radius 1 is 1.19 bits per heavy atom. The Kier molecular flexibility index (Phi) is 7.05. The number of para-hydroxylation sites is 2. The number of oxime groups is 1. The van der Waals surface area contributed by atoms with Gasteiger partial charge in [0.2, 0.25) is 0 Å². The maximum atomic E-state index is 11.1. The van der Waals surface area contributed by atoms with Gasteiger partial charge in [0.1, 0.15) is 13.2 Å². The average Bonchev–Trinajstić information content (AvgIpc) is 2.58. The third-order valence-electron chi connectivity index (χ3n) is 3.70. The minimum atomic E-state index is -0.484. The van der Waals surface area contributed by atoms with Crippen molar-refractivity contribution in [2.24, 2.45) is 10.6 Å². The summed E-state index contributed by atoms with van der Waals surface area (Å²) < 4.78 is 5.63. The summed E-state index contributed by atoms with van der Waals surface area (Å²) in [4.78, 5) is 16.1. The molecule has 8 heteroatoms. The van der Waals surface area contributed by atoms with Crippen molar-refractivity contribution >= 4 is 34.6 Å². The normalized spacial score (nSPS) is 12.0. The number of nitrogens with zero attached hydrogens (tertiary/aromatic N) is 2. The molecule has 0 aliphatic heterocycles. The van der Waals surface area contributed by atoms with Gasteiger partial charge in [-0.15, -0.1) is 0 Å². The van der Waals surface area contributed by atoms with Crippen molar-refractivity contribution < 1.29 is 14.5 Å². The van der Waals surface area contributed by atoms with Gasteiger partial charge in [-0.2, -0.15) is 0 Å². The predicted molar refractivity (Wildman–Crippen MR) is 107 cm³/mol. The van der Waals surface area contributed by atoms with E-state index in [2.05, 4.69) is 5.16 Å². The van der Waals surface area contributed by atoms with Crippen LogP contribution in [0.5, 0.6) is 5.75 Å². The van der Waals surface area contributed by atoms with Crippen molar-refractivity contribution in [1.29, 1.82) is 0 Å². The maximum Gasteiger partial charge on any atom is 0.310 e. The number of benzene rings is 2. The fourth-order valence-electron chi connectivity index (χ4n) is 2.07. The van der Waals surface area contributed by atoms with Crippen LogP contribution in [-0.2, 0) is 11.4 Å². The summed E-state index contributed by atoms with van der Waals surface area (Å²) >= 11 is 12.0. The van der Waals surface area contributed by atoms with Crippen molar-refractivity contribution in [2.45, 2.75) is 27.4 Å². The monoisotopic (exact) mass is 410 g/mol. The molecule has 0 unspecified atom stereocenters. The van der Waals surface area contributed by atoms with E-state index in [1.807, 2.05) is 20.8 Å². The first kappa shape index (κ1) is 21.0. The first-order chi connectivity index (χ1) is 12.7. The van der Waals surface area contributed by atoms with E-state index < -0.39 is 4.92 Å². The molecular formula is C19H20Cl2N2O4. The fourth-order valence-corrected chi connectivity index (χ4v) is 2.54. The lowest BCUT2D eigenvalue weighted by Crippen LogP contribution is -2.27. The molecule has 0 amide bonds. The Hall–Kier alpha value is -2.31. The second-order valence-corrected chi connectivity index (χ2v) is 7.65. The van der Waals surface area contributed by atoms with Crippen LogP contribution in [0.1, 0.15) is 26.3 Å². The van der Waals surface area contributed by atoms with Gasteiger partial charge in [-0.05, 0) is 18.2 Å². The number of nitro benzene ring substituents is 1. The van der Waals surface area contributed by atoms with Crippen molar-refractivity contribution in [2.75, 3.05) is 6.61 Å². The van der Waals surface area contributed by atoms with E-state index in [-0.39, 0.29) is 30.1 Å². The predicted octanol–water partition coefficient (Wildman–Crippen LogP) is 5.90. The van der Waals surface area contributed by atoms with Crippen LogP contribution in [0, 0.1) is 15.5 Å². The van der Waals surface area contributed by atoms with Crippen LogP contribution >= 0.6 is 23.2 Å². The van der Waals surface area contributed by atoms with Gasteiger partial charge in [-0.25, -0.2) is 0 Å². The van der Waals surface area contributed by atoms with Gasteiger partial charge in [0.15, 0.2) is 5.75 Å². The Bertz CT molecular complexity index is 848. The van der Waals surface area contributed by atoms with Crippen LogP contribution in [0.3, 0.4) is 0 Å². The van der Waals surface area contributed by atoms with E-state index in [4.69, 9.17) is 32.8 Å². The van der Waals surface area contributed by atoms with E-state index >= 15 is 0 Å². The van der Waals surface area contributed by atoms with Gasteiger partial charge >= 0.3 is 5.69 Å². The molecule has 0 N–H and O–H groups in total. The first-order valence-corrected chi connectivity index (χ1v) is 8.93. The number of halogens is 2. The molecule has 2 rings (SSSR count). The third-order valence-corrected chi connectivity index (χ3v) is 4.29. The topological polar surface area (TPSA) is 74.0 Å². The molecule has 0 saturated carbocycles. The zero-order valence-corrected chi connectivity index (χ0v) is 16.8. The third kappa shape index (κ3) is 6.12. The van der Waals surface area contributed by atoms with E-state index in [0.717, 1.165) is 5.56 Å². The minimum Gasteiger partial charge on any atom is -0.480 e. The number of nitro groups is 1. The Labute approximate surface area is 167 Å². The van der Waals surface area contributed by atoms with Crippen LogP contribution in [-0.4, -0.2) is 17.2 Å². The number of hydrogen-bond donors (Lipinski definition) is 0. The van der Waals surface area contributed by atoms with Crippen molar-refractivity contribution in [1.82, 2.24) is 0 Å². The molecule has 2 aromatic rings. The second-order valence-electron chi connectivity index (χ2n) is 6.81. The van der Waals surface area contributed by atoms with E-state index in [0.29, 0.717) is 15.8 Å². The molecule has 0 spiro atoms. The Morgan fingerprint density at radius 3 is 2.52 bits per heavy atom. The lowest BCUT2D eigenvalue weighted by atomic mass is 9.90. The number of ether oxygens (including phenoxy) is 1. The van der Waals surface area contributed by atoms with Gasteiger partial charge in [0, 0.05) is 27.1 Å². The first-order valence-electron chi connectivity index (χ1n) is 8.18. The molecule has 0 fully saturated rings. The summed E-state index contributed by atoms with van der Waals surface area (Å²) in [5.74, 6) is 0.181. The van der Waals surface area contributed by atoms with Gasteiger partial charge < -0.3 is 9.57 Å². The highest BCUT2D eigenvalue weighted by Crippen LogP contribution is 2.27. The lowest BCUT2D eigenvalue weighted by Gasteiger charge is -2.21. The SMILES string of the molecule is CC(C)(C)/C(COc1ccccc1[N+](=O)[O-])=N\OCc1ccc(Cl)cc1Cl. The summed E-state index contributed by atoms with van der Waals surface area (Å²) in [7, 11) is 0. The van der Waals surface area contributed by atoms with Gasteiger partial charge in [0.25, 0.3) is 0 Å². The quantitative estimate of drug-likeness (QED) is 0.323. The van der Waals surface area contributed by atoms with Crippen LogP contribution in [0.15, 0.2) is 47.6 Å². The van der Waals surface area contributed by atoms with E-state index in [1.54, 1.807) is 36.4 Å². The molecule has 0 saturated heterocycles. The lowest BCUT2D eigenvalue weighted by molar-refractivity contribution is -0.385. The van der Waals surface area contributed by atoms with Crippen molar-refractivity contribution in [3.05, 3.63) is 68.2 Å². The van der Waals surface area contributed by atoms with Crippen molar-refractivity contribution in [3.63, 3.8) is 0 Å². The molecule has 0 aliphatic rings. The summed E-state index contributed by atoms with van der Waals surface area (Å²) in [6.07, 6.45) is 0. The zero-order valence-electron chi connectivity index (χ0n) is 15.2. The summed E-state index contributed by atoms with van der Waals surface area (Å²) in [6.45, 7) is 6.08. The smallest absolute Gasteiger partial charge is 0.310 e. The van der Waals surface area contributed by atoms with Crippen LogP contribution in [0.4, 0.5) is 5.69 Å². The van der Waals surface area contributed by atoms with Crippen LogP contribution in [0.25, 0.3) is 0 Å². The molecule has 0 bridgehead atoms. The highest BCUT2D eigenvalue weighted by atomic mass is 35.5. The van der Waals surface area contributed by atoms with Crippen LogP contribution < -0.4 is 4.74 Å². The standard InChI is InChI=1S/C19H20Cl2N2O4/c1-19(2,3)18(12-26-17-7-5-4-6-16(17)23(24)25)22-27-11-13-8-9-14(20)10-15(13)21/h4-10H,11-12H2,1-3H3/b22-18-. The van der Waals surface area contributed by atoms with Gasteiger partial charge in [0.05, 0.1) is 10.6 Å². The summed E-state index contributed by atoms with van der Waals surface area (Å²) in [5, 5.41) is 16.3. The molecule has 144 valence electrons.